The summed E-state index contributed by atoms with van der Waals surface area (Å²) in [6.07, 6.45) is 1.15. The number of rotatable bonds is 6. The highest BCUT2D eigenvalue weighted by atomic mass is 16.5. The van der Waals surface area contributed by atoms with E-state index < -0.39 is 18.0 Å². The van der Waals surface area contributed by atoms with Crippen LogP contribution in [0.25, 0.3) is 5.57 Å². The van der Waals surface area contributed by atoms with Crippen molar-refractivity contribution in [1.82, 2.24) is 9.80 Å². The summed E-state index contributed by atoms with van der Waals surface area (Å²) in [6.45, 7) is 6.48. The van der Waals surface area contributed by atoms with E-state index in [1.165, 1.54) is 11.0 Å². The van der Waals surface area contributed by atoms with Gasteiger partial charge in [0.25, 0.3) is 0 Å². The molecule has 30 heavy (non-hydrogen) atoms. The highest BCUT2D eigenvalue weighted by Gasteiger charge is 2.57. The maximum Gasteiger partial charge on any atom is 0.355 e. The Balaban J connectivity index is 1.65. The number of hydrogen-bond acceptors (Lipinski definition) is 5. The lowest BCUT2D eigenvalue weighted by Gasteiger charge is -2.44. The van der Waals surface area contributed by atoms with Gasteiger partial charge in [-0.3, -0.25) is 9.69 Å². The Bertz CT molecular complexity index is 937. The van der Waals surface area contributed by atoms with Gasteiger partial charge in [-0.2, -0.15) is 0 Å². The number of likely N-dealkylation sites (N-methyl/N-ethyl adjacent to an activating group) is 1. The summed E-state index contributed by atoms with van der Waals surface area (Å²) in [4.78, 5) is 42.3. The zero-order chi connectivity index (χ0) is 21.6. The minimum absolute atomic E-state index is 0.0473. The van der Waals surface area contributed by atoms with Crippen LogP contribution in [0.2, 0.25) is 0 Å². The number of benzene rings is 1. The molecular formula is C22H25N3O5. The molecule has 8 heteroatoms. The molecule has 1 N–H and O–H groups in total. The van der Waals surface area contributed by atoms with E-state index in [9.17, 15) is 19.5 Å². The Labute approximate surface area is 175 Å². The van der Waals surface area contributed by atoms with Crippen LogP contribution in [0.1, 0.15) is 18.9 Å². The summed E-state index contributed by atoms with van der Waals surface area (Å²) in [6, 6.07) is 7.08. The first kappa shape index (κ1) is 20.2. The molecule has 4 rings (SSSR count). The topological polar surface area (TPSA) is 90.4 Å². The van der Waals surface area contributed by atoms with Crippen LogP contribution in [0.15, 0.2) is 42.6 Å². The molecule has 2 fully saturated rings. The standard InChI is InChI=1S/C22H25N3O5/c1-4-11-30-21(28)19-16(12-17-18(13(2)26)20(27)25(17)19)14-5-7-15(8-6-14)24-10-9-23(3)22(24)29/h4-8,13,17-18,26H,1,9-12H2,2-3H3/t13-,17-,18-/m1/s1. The molecule has 3 amide bonds. The zero-order valence-corrected chi connectivity index (χ0v) is 17.1. The van der Waals surface area contributed by atoms with Crippen molar-refractivity contribution in [2.45, 2.75) is 25.5 Å². The van der Waals surface area contributed by atoms with Crippen LogP contribution in [0.3, 0.4) is 0 Å². The number of amides is 3. The lowest BCUT2D eigenvalue weighted by Crippen LogP contribution is -2.61. The summed E-state index contributed by atoms with van der Waals surface area (Å²) < 4.78 is 5.22. The van der Waals surface area contributed by atoms with Gasteiger partial charge >= 0.3 is 12.0 Å². The van der Waals surface area contributed by atoms with Crippen molar-refractivity contribution in [2.24, 2.45) is 5.92 Å². The number of nitrogens with zero attached hydrogens (tertiary/aromatic N) is 3. The second-order valence-electron chi connectivity index (χ2n) is 7.86. The fraction of sp³-hybridized carbons (Fsp3) is 0.409. The SMILES string of the molecule is C=CCOC(=O)C1=C(c2ccc(N3CCN(C)C3=O)cc2)C[C@@H]2[C@@H]([C@@H](C)O)C(=O)N12. The lowest BCUT2D eigenvalue weighted by molar-refractivity contribution is -0.162. The van der Waals surface area contributed by atoms with Crippen molar-refractivity contribution >= 4 is 29.2 Å². The molecule has 1 aromatic carbocycles. The number of esters is 1. The van der Waals surface area contributed by atoms with E-state index in [-0.39, 0.29) is 30.3 Å². The maximum absolute atomic E-state index is 12.7. The quantitative estimate of drug-likeness (QED) is 0.436. The van der Waals surface area contributed by atoms with Crippen molar-refractivity contribution in [3.63, 3.8) is 0 Å². The Morgan fingerprint density at radius 1 is 1.30 bits per heavy atom. The first-order valence-corrected chi connectivity index (χ1v) is 10.0. The van der Waals surface area contributed by atoms with Crippen LogP contribution in [-0.4, -0.2) is 71.7 Å². The molecule has 3 aliphatic heterocycles. The van der Waals surface area contributed by atoms with Gasteiger partial charge in [-0.25, -0.2) is 9.59 Å². The molecule has 0 aliphatic carbocycles. The highest BCUT2D eigenvalue weighted by Crippen LogP contribution is 2.47. The van der Waals surface area contributed by atoms with Crippen molar-refractivity contribution in [1.29, 1.82) is 0 Å². The van der Waals surface area contributed by atoms with E-state index >= 15 is 0 Å². The third-order valence-corrected chi connectivity index (χ3v) is 6.00. The van der Waals surface area contributed by atoms with Gasteiger partial charge in [0.15, 0.2) is 0 Å². The fourth-order valence-electron chi connectivity index (χ4n) is 4.45. The van der Waals surface area contributed by atoms with Gasteiger partial charge in [0, 0.05) is 25.8 Å². The van der Waals surface area contributed by atoms with Crippen LogP contribution in [0.5, 0.6) is 0 Å². The van der Waals surface area contributed by atoms with Crippen molar-refractivity contribution in [2.75, 3.05) is 31.6 Å². The normalized spacial score (nSPS) is 24.2. The molecule has 0 unspecified atom stereocenters. The summed E-state index contributed by atoms with van der Waals surface area (Å²) in [7, 11) is 1.76. The molecule has 158 valence electrons. The molecule has 0 aromatic heterocycles. The van der Waals surface area contributed by atoms with Crippen molar-refractivity contribution in [3.8, 4) is 0 Å². The molecule has 3 aliphatic rings. The van der Waals surface area contributed by atoms with Crippen molar-refractivity contribution < 1.29 is 24.2 Å². The monoisotopic (exact) mass is 411 g/mol. The molecule has 8 nitrogen and oxygen atoms in total. The molecule has 0 bridgehead atoms. The number of urea groups is 1. The Morgan fingerprint density at radius 2 is 2.00 bits per heavy atom. The zero-order valence-electron chi connectivity index (χ0n) is 17.1. The number of carbonyl (C=O) groups is 3. The van der Waals surface area contributed by atoms with Gasteiger partial charge in [0.2, 0.25) is 5.91 Å². The number of β-lactam (4-membered cyclic amide) rings is 1. The second kappa shape index (κ2) is 7.60. The number of aliphatic hydroxyl groups excluding tert-OH is 1. The summed E-state index contributed by atoms with van der Waals surface area (Å²) >= 11 is 0. The first-order chi connectivity index (χ1) is 14.3. The van der Waals surface area contributed by atoms with E-state index in [0.717, 1.165) is 11.3 Å². The average molecular weight is 411 g/mol. The lowest BCUT2D eigenvalue weighted by atomic mass is 9.82. The average Bonchev–Trinajstić information content (AvgIpc) is 3.23. The molecule has 3 heterocycles. The Morgan fingerprint density at radius 3 is 2.57 bits per heavy atom. The van der Waals surface area contributed by atoms with Crippen molar-refractivity contribution in [3.05, 3.63) is 48.2 Å². The maximum atomic E-state index is 12.7. The van der Waals surface area contributed by atoms with Crippen LogP contribution in [0.4, 0.5) is 10.5 Å². The van der Waals surface area contributed by atoms with Crippen LogP contribution in [0, 0.1) is 5.92 Å². The number of anilines is 1. The number of ether oxygens (including phenoxy) is 1. The van der Waals surface area contributed by atoms with Gasteiger partial charge in [-0.15, -0.1) is 0 Å². The van der Waals surface area contributed by atoms with Gasteiger partial charge in [-0.05, 0) is 36.6 Å². The fourth-order valence-corrected chi connectivity index (χ4v) is 4.45. The molecule has 2 saturated heterocycles. The molecule has 1 aromatic rings. The molecule has 0 radical (unpaired) electrons. The van der Waals surface area contributed by atoms with Gasteiger partial charge < -0.3 is 19.6 Å². The largest absolute Gasteiger partial charge is 0.457 e. The predicted molar refractivity (Wildman–Crippen MR) is 110 cm³/mol. The summed E-state index contributed by atoms with van der Waals surface area (Å²) in [5.41, 5.74) is 2.51. The smallest absolute Gasteiger partial charge is 0.355 e. The molecular weight excluding hydrogens is 386 g/mol. The Kier molecular flexibility index (Phi) is 5.11. The first-order valence-electron chi connectivity index (χ1n) is 10.0. The van der Waals surface area contributed by atoms with Crippen LogP contribution < -0.4 is 4.90 Å². The number of aliphatic hydroxyl groups is 1. The Hall–Kier alpha value is -3.13. The second-order valence-corrected chi connectivity index (χ2v) is 7.86. The number of carbonyl (C=O) groups excluding carboxylic acids is 3. The summed E-state index contributed by atoms with van der Waals surface area (Å²) in [5, 5.41) is 9.98. The van der Waals surface area contributed by atoms with Crippen LogP contribution >= 0.6 is 0 Å². The van der Waals surface area contributed by atoms with Crippen LogP contribution in [-0.2, 0) is 14.3 Å². The third kappa shape index (κ3) is 3.08. The van der Waals surface area contributed by atoms with E-state index in [0.29, 0.717) is 25.1 Å². The highest BCUT2D eigenvalue weighted by molar-refractivity contribution is 6.07. The van der Waals surface area contributed by atoms with E-state index in [2.05, 4.69) is 6.58 Å². The number of fused-ring (bicyclic) bond motifs is 1. The minimum atomic E-state index is -0.788. The van der Waals surface area contributed by atoms with E-state index in [1.54, 1.807) is 23.8 Å². The predicted octanol–water partition coefficient (Wildman–Crippen LogP) is 1.61. The number of hydrogen-bond donors (Lipinski definition) is 1. The molecule has 0 spiro atoms. The van der Waals surface area contributed by atoms with Gasteiger partial charge in [0.05, 0.1) is 18.1 Å². The van der Waals surface area contributed by atoms with Gasteiger partial charge in [-0.1, -0.05) is 24.8 Å². The van der Waals surface area contributed by atoms with E-state index in [4.69, 9.17) is 4.74 Å². The minimum Gasteiger partial charge on any atom is -0.457 e. The molecule has 0 saturated carbocycles. The summed E-state index contributed by atoms with van der Waals surface area (Å²) in [5.74, 6) is -1.37. The van der Waals surface area contributed by atoms with E-state index in [1.807, 2.05) is 24.3 Å². The third-order valence-electron chi connectivity index (χ3n) is 6.00. The molecule has 3 atom stereocenters. The van der Waals surface area contributed by atoms with Gasteiger partial charge in [0.1, 0.15) is 12.3 Å².